The molecule has 9 heteroatoms. The van der Waals surface area contributed by atoms with Crippen LogP contribution in [0.5, 0.6) is 0 Å². The van der Waals surface area contributed by atoms with Crippen molar-refractivity contribution in [1.82, 2.24) is 20.5 Å². The predicted molar refractivity (Wildman–Crippen MR) is 126 cm³/mol. The quantitative estimate of drug-likeness (QED) is 0.209. The first-order chi connectivity index (χ1) is 16.1. The first-order valence-corrected chi connectivity index (χ1v) is 11.2. The summed E-state index contributed by atoms with van der Waals surface area (Å²) in [4.78, 5) is 28.1. The Morgan fingerprint density at radius 1 is 1.03 bits per heavy atom. The summed E-state index contributed by atoms with van der Waals surface area (Å²) >= 11 is 1.29. The largest absolute Gasteiger partial charge is 0.352 e. The number of thioether (sulfide) groups is 1. The first kappa shape index (κ1) is 22.2. The highest BCUT2D eigenvalue weighted by atomic mass is 32.2. The summed E-state index contributed by atoms with van der Waals surface area (Å²) in [5.74, 6) is 0.450. The summed E-state index contributed by atoms with van der Waals surface area (Å²) in [7, 11) is 0. The van der Waals surface area contributed by atoms with Crippen LogP contribution in [0.2, 0.25) is 0 Å². The van der Waals surface area contributed by atoms with E-state index in [9.17, 15) is 14.9 Å². The number of aromatic amines is 1. The number of rotatable bonds is 9. The molecule has 166 valence electrons. The van der Waals surface area contributed by atoms with Crippen molar-refractivity contribution in [2.75, 3.05) is 0 Å². The maximum Gasteiger partial charge on any atom is 0.269 e. The van der Waals surface area contributed by atoms with E-state index in [0.717, 1.165) is 11.1 Å². The van der Waals surface area contributed by atoms with Crippen molar-refractivity contribution < 1.29 is 9.72 Å². The number of benzene rings is 3. The SMILES string of the molecule is O=C(C[C@@H](Sc1n[nH]c(-c2ccccc2)n1)c1cccc([N+](=O)[O-])c1)NCc1ccccc1. The van der Waals surface area contributed by atoms with Gasteiger partial charge in [0.15, 0.2) is 5.82 Å². The molecule has 0 saturated carbocycles. The van der Waals surface area contributed by atoms with Crippen molar-refractivity contribution in [2.24, 2.45) is 0 Å². The van der Waals surface area contributed by atoms with E-state index in [1.807, 2.05) is 60.7 Å². The standard InChI is InChI=1S/C24H21N5O3S/c30-22(25-16-17-8-3-1-4-9-17)15-21(19-12-7-13-20(14-19)29(31)32)33-24-26-23(27-28-24)18-10-5-2-6-11-18/h1-14,21H,15-16H2,(H,25,30)(H,26,27,28)/t21-/m1/s1. The Labute approximate surface area is 194 Å². The monoisotopic (exact) mass is 459 g/mol. The number of nitrogens with one attached hydrogen (secondary N) is 2. The number of nitro benzene ring substituents is 1. The van der Waals surface area contributed by atoms with Gasteiger partial charge in [0.05, 0.1) is 4.92 Å². The number of H-pyrrole nitrogens is 1. The van der Waals surface area contributed by atoms with Crippen LogP contribution in [-0.4, -0.2) is 26.0 Å². The molecule has 1 amide bonds. The van der Waals surface area contributed by atoms with Crippen molar-refractivity contribution in [3.63, 3.8) is 0 Å². The molecule has 4 rings (SSSR count). The van der Waals surface area contributed by atoms with Gasteiger partial charge in [-0.1, -0.05) is 84.6 Å². The van der Waals surface area contributed by atoms with Crippen LogP contribution in [0.3, 0.4) is 0 Å². The molecule has 0 aliphatic carbocycles. The Morgan fingerprint density at radius 3 is 2.48 bits per heavy atom. The smallest absolute Gasteiger partial charge is 0.269 e. The summed E-state index contributed by atoms with van der Waals surface area (Å²) in [6.45, 7) is 0.408. The van der Waals surface area contributed by atoms with Crippen LogP contribution >= 0.6 is 11.8 Å². The zero-order chi connectivity index (χ0) is 23.0. The zero-order valence-electron chi connectivity index (χ0n) is 17.5. The molecular weight excluding hydrogens is 438 g/mol. The number of nitrogens with zero attached hydrogens (tertiary/aromatic N) is 3. The molecule has 0 spiro atoms. The van der Waals surface area contributed by atoms with Crippen molar-refractivity contribution in [3.8, 4) is 11.4 Å². The van der Waals surface area contributed by atoms with Gasteiger partial charge in [-0.15, -0.1) is 5.10 Å². The lowest BCUT2D eigenvalue weighted by Gasteiger charge is -2.15. The maximum absolute atomic E-state index is 12.7. The fourth-order valence-electron chi connectivity index (χ4n) is 3.25. The topological polar surface area (TPSA) is 114 Å². The van der Waals surface area contributed by atoms with Crippen LogP contribution < -0.4 is 5.32 Å². The van der Waals surface area contributed by atoms with Crippen molar-refractivity contribution in [1.29, 1.82) is 0 Å². The molecule has 0 fully saturated rings. The number of non-ortho nitro benzene ring substituents is 1. The van der Waals surface area contributed by atoms with Crippen LogP contribution in [-0.2, 0) is 11.3 Å². The van der Waals surface area contributed by atoms with Gasteiger partial charge in [-0.05, 0) is 11.1 Å². The van der Waals surface area contributed by atoms with Crippen LogP contribution in [0, 0.1) is 10.1 Å². The first-order valence-electron chi connectivity index (χ1n) is 10.3. The minimum atomic E-state index is -0.443. The Hall–Kier alpha value is -3.98. The highest BCUT2D eigenvalue weighted by Crippen LogP contribution is 2.37. The molecule has 2 N–H and O–H groups in total. The van der Waals surface area contributed by atoms with E-state index in [-0.39, 0.29) is 18.0 Å². The fraction of sp³-hybridized carbons (Fsp3) is 0.125. The molecule has 0 aliphatic heterocycles. The molecule has 0 aliphatic rings. The number of aromatic nitrogens is 3. The van der Waals surface area contributed by atoms with Gasteiger partial charge in [0.2, 0.25) is 11.1 Å². The average molecular weight is 460 g/mol. The Balaban J connectivity index is 1.52. The summed E-state index contributed by atoms with van der Waals surface area (Å²) < 4.78 is 0. The van der Waals surface area contributed by atoms with Crippen molar-refractivity contribution in [2.45, 2.75) is 23.4 Å². The van der Waals surface area contributed by atoms with Crippen molar-refractivity contribution >= 4 is 23.4 Å². The van der Waals surface area contributed by atoms with E-state index in [1.54, 1.807) is 12.1 Å². The minimum Gasteiger partial charge on any atom is -0.352 e. The molecule has 4 aromatic rings. The highest BCUT2D eigenvalue weighted by molar-refractivity contribution is 7.99. The summed E-state index contributed by atoms with van der Waals surface area (Å²) in [5.41, 5.74) is 2.52. The molecular formula is C24H21N5O3S. The van der Waals surface area contributed by atoms with Gasteiger partial charge in [0.25, 0.3) is 5.69 Å². The number of carbonyl (C=O) groups excluding carboxylic acids is 1. The fourth-order valence-corrected chi connectivity index (χ4v) is 4.27. The van der Waals surface area contributed by atoms with Crippen LogP contribution in [0.25, 0.3) is 11.4 Å². The minimum absolute atomic E-state index is 0.0252. The predicted octanol–water partition coefficient (Wildman–Crippen LogP) is 4.92. The molecule has 0 saturated heterocycles. The lowest BCUT2D eigenvalue weighted by atomic mass is 10.1. The lowest BCUT2D eigenvalue weighted by Crippen LogP contribution is -2.24. The third kappa shape index (κ3) is 6.05. The third-order valence-corrected chi connectivity index (χ3v) is 6.03. The summed E-state index contributed by atoms with van der Waals surface area (Å²) in [6.07, 6.45) is 0.119. The van der Waals surface area contributed by atoms with Gasteiger partial charge < -0.3 is 5.32 Å². The molecule has 0 bridgehead atoms. The van der Waals surface area contributed by atoms with E-state index in [1.165, 1.54) is 23.9 Å². The molecule has 0 unspecified atom stereocenters. The second-order valence-electron chi connectivity index (χ2n) is 7.26. The summed E-state index contributed by atoms with van der Waals surface area (Å²) in [5, 5.41) is 21.4. The van der Waals surface area contributed by atoms with Gasteiger partial charge in [0.1, 0.15) is 0 Å². The molecule has 8 nitrogen and oxygen atoms in total. The van der Waals surface area contributed by atoms with Gasteiger partial charge in [-0.2, -0.15) is 0 Å². The number of hydrogen-bond donors (Lipinski definition) is 2. The second-order valence-corrected chi connectivity index (χ2v) is 8.43. The van der Waals surface area contributed by atoms with E-state index in [2.05, 4.69) is 20.5 Å². The number of amides is 1. The maximum atomic E-state index is 12.7. The Bertz CT molecular complexity index is 1230. The van der Waals surface area contributed by atoms with E-state index in [0.29, 0.717) is 23.1 Å². The van der Waals surface area contributed by atoms with Gasteiger partial charge in [-0.3, -0.25) is 20.0 Å². The average Bonchev–Trinajstić information content (AvgIpc) is 3.32. The third-order valence-electron chi connectivity index (χ3n) is 4.92. The van der Waals surface area contributed by atoms with Crippen LogP contribution in [0.1, 0.15) is 22.8 Å². The number of carbonyl (C=O) groups is 1. The zero-order valence-corrected chi connectivity index (χ0v) is 18.4. The molecule has 1 heterocycles. The Morgan fingerprint density at radius 2 is 1.76 bits per heavy atom. The highest BCUT2D eigenvalue weighted by Gasteiger charge is 2.22. The van der Waals surface area contributed by atoms with Crippen LogP contribution in [0.4, 0.5) is 5.69 Å². The van der Waals surface area contributed by atoms with Gasteiger partial charge in [0, 0.05) is 35.9 Å². The molecule has 1 atom stereocenters. The number of hydrogen-bond acceptors (Lipinski definition) is 6. The summed E-state index contributed by atoms with van der Waals surface area (Å²) in [6, 6.07) is 25.5. The molecule has 3 aromatic carbocycles. The van der Waals surface area contributed by atoms with E-state index in [4.69, 9.17) is 0 Å². The van der Waals surface area contributed by atoms with Gasteiger partial charge >= 0.3 is 0 Å². The molecule has 0 radical (unpaired) electrons. The van der Waals surface area contributed by atoms with Gasteiger partial charge in [-0.25, -0.2) is 4.98 Å². The van der Waals surface area contributed by atoms with Crippen molar-refractivity contribution in [3.05, 3.63) is 106 Å². The molecule has 33 heavy (non-hydrogen) atoms. The Kier molecular flexibility index (Phi) is 7.11. The van der Waals surface area contributed by atoms with Crippen LogP contribution in [0.15, 0.2) is 90.1 Å². The number of nitro groups is 1. The van der Waals surface area contributed by atoms with E-state index >= 15 is 0 Å². The van der Waals surface area contributed by atoms with E-state index < -0.39 is 10.2 Å². The lowest BCUT2D eigenvalue weighted by molar-refractivity contribution is -0.384. The molecule has 1 aromatic heterocycles. The normalized spacial score (nSPS) is 11.6. The second kappa shape index (κ2) is 10.6.